The van der Waals surface area contributed by atoms with Crippen molar-refractivity contribution in [1.82, 2.24) is 4.57 Å². The molecule has 256 valence electrons. The van der Waals surface area contributed by atoms with E-state index in [4.69, 9.17) is 4.42 Å². The van der Waals surface area contributed by atoms with E-state index in [0.717, 1.165) is 50.2 Å². The molecular formula is C52H32N2O. The van der Waals surface area contributed by atoms with E-state index in [1.54, 1.807) is 0 Å². The van der Waals surface area contributed by atoms with Crippen molar-refractivity contribution in [1.29, 1.82) is 0 Å². The van der Waals surface area contributed by atoms with Gasteiger partial charge in [0.05, 0.1) is 16.7 Å². The summed E-state index contributed by atoms with van der Waals surface area (Å²) < 4.78 is 8.90. The first kappa shape index (κ1) is 30.1. The summed E-state index contributed by atoms with van der Waals surface area (Å²) in [6.45, 7) is 0. The van der Waals surface area contributed by atoms with Gasteiger partial charge in [-0.15, -0.1) is 0 Å². The number of nitrogens with zero attached hydrogens (tertiary/aromatic N) is 2. The molecule has 0 saturated heterocycles. The van der Waals surface area contributed by atoms with Gasteiger partial charge in [0.15, 0.2) is 0 Å². The predicted molar refractivity (Wildman–Crippen MR) is 233 cm³/mol. The van der Waals surface area contributed by atoms with Crippen LogP contribution in [0.15, 0.2) is 199 Å². The number of rotatable bonds is 4. The molecule has 3 heteroatoms. The standard InChI is InChI=1S/C52H32N2O/c1-2-15-35(16-3-1)54-47-22-11-10-21-43(47)52-48(23-12-24-49(52)54)53(37-26-28-50-46(32-37)45-29-33-13-4-5-14-34(33)30-51(45)55-50)36-25-27-42-40-19-7-6-17-38(40)39-18-8-9-20-41(39)44(42)31-36/h1-32H. The molecule has 0 aliphatic carbocycles. The summed E-state index contributed by atoms with van der Waals surface area (Å²) in [5.41, 5.74) is 8.53. The van der Waals surface area contributed by atoms with Crippen molar-refractivity contribution in [3.05, 3.63) is 194 Å². The van der Waals surface area contributed by atoms with Crippen LogP contribution in [0.25, 0.3) is 92.5 Å². The van der Waals surface area contributed by atoms with Gasteiger partial charge < -0.3 is 13.9 Å². The minimum atomic E-state index is 0.879. The molecule has 12 aromatic rings. The Balaban J connectivity index is 1.19. The normalized spacial score (nSPS) is 12.0. The Morgan fingerprint density at radius 2 is 0.891 bits per heavy atom. The topological polar surface area (TPSA) is 21.3 Å². The molecule has 0 aliphatic heterocycles. The Hall–Kier alpha value is -7.36. The maximum atomic E-state index is 6.51. The molecule has 0 amide bonds. The van der Waals surface area contributed by atoms with Crippen LogP contribution in [0.1, 0.15) is 0 Å². The predicted octanol–water partition coefficient (Wildman–Crippen LogP) is 14.8. The highest BCUT2D eigenvalue weighted by Crippen LogP contribution is 2.47. The van der Waals surface area contributed by atoms with E-state index in [0.29, 0.717) is 0 Å². The molecular weight excluding hydrogens is 669 g/mol. The minimum Gasteiger partial charge on any atom is -0.456 e. The summed E-state index contributed by atoms with van der Waals surface area (Å²) in [6.07, 6.45) is 0. The van der Waals surface area contributed by atoms with Crippen molar-refractivity contribution in [3.8, 4) is 5.69 Å². The summed E-state index contributed by atoms with van der Waals surface area (Å²) in [5, 5.41) is 14.5. The van der Waals surface area contributed by atoms with Gasteiger partial charge in [-0.3, -0.25) is 0 Å². The fourth-order valence-electron chi connectivity index (χ4n) is 9.09. The Kier molecular flexibility index (Phi) is 6.34. The summed E-state index contributed by atoms with van der Waals surface area (Å²) in [6, 6.07) is 70.4. The first-order valence-corrected chi connectivity index (χ1v) is 18.8. The van der Waals surface area contributed by atoms with Gasteiger partial charge in [-0.05, 0) is 116 Å². The Labute approximate surface area is 316 Å². The van der Waals surface area contributed by atoms with Gasteiger partial charge in [0.25, 0.3) is 0 Å². The second kappa shape index (κ2) is 11.6. The number of furan rings is 1. The van der Waals surface area contributed by atoms with Crippen LogP contribution in [0.5, 0.6) is 0 Å². The zero-order valence-corrected chi connectivity index (χ0v) is 29.8. The van der Waals surface area contributed by atoms with Gasteiger partial charge in [0, 0.05) is 38.6 Å². The number of hydrogen-bond donors (Lipinski definition) is 0. The zero-order valence-electron chi connectivity index (χ0n) is 29.8. The molecule has 0 saturated carbocycles. The molecule has 2 heterocycles. The van der Waals surface area contributed by atoms with Gasteiger partial charge in [0.1, 0.15) is 11.2 Å². The summed E-state index contributed by atoms with van der Waals surface area (Å²) in [4.78, 5) is 2.45. The first-order chi connectivity index (χ1) is 27.3. The molecule has 0 atom stereocenters. The fraction of sp³-hybridized carbons (Fsp3) is 0. The Morgan fingerprint density at radius 3 is 1.64 bits per heavy atom. The lowest BCUT2D eigenvalue weighted by molar-refractivity contribution is 0.669. The van der Waals surface area contributed by atoms with E-state index in [1.807, 2.05) is 0 Å². The minimum absolute atomic E-state index is 0.879. The second-order valence-electron chi connectivity index (χ2n) is 14.5. The van der Waals surface area contributed by atoms with Gasteiger partial charge in [-0.2, -0.15) is 0 Å². The highest BCUT2D eigenvalue weighted by atomic mass is 16.3. The van der Waals surface area contributed by atoms with Crippen LogP contribution in [0.3, 0.4) is 0 Å². The third-order valence-electron chi connectivity index (χ3n) is 11.5. The number of para-hydroxylation sites is 2. The van der Waals surface area contributed by atoms with Crippen molar-refractivity contribution in [2.24, 2.45) is 0 Å². The van der Waals surface area contributed by atoms with Crippen LogP contribution in [0.2, 0.25) is 0 Å². The number of hydrogen-bond acceptors (Lipinski definition) is 2. The SMILES string of the molecule is c1ccc(-n2c3ccccc3c3c(N(c4ccc5oc6cc7ccccc7cc6c5c4)c4ccc5c6ccccc6c6ccccc6c5c4)cccc32)cc1. The molecule has 0 bridgehead atoms. The van der Waals surface area contributed by atoms with Gasteiger partial charge in [-0.1, -0.05) is 121 Å². The summed E-state index contributed by atoms with van der Waals surface area (Å²) >= 11 is 0. The van der Waals surface area contributed by atoms with Gasteiger partial charge in [-0.25, -0.2) is 0 Å². The third kappa shape index (κ3) is 4.44. The average Bonchev–Trinajstić information content (AvgIpc) is 3.78. The van der Waals surface area contributed by atoms with Crippen molar-refractivity contribution in [2.75, 3.05) is 4.90 Å². The fourth-order valence-corrected chi connectivity index (χ4v) is 9.09. The third-order valence-corrected chi connectivity index (χ3v) is 11.5. The van der Waals surface area contributed by atoms with Crippen LogP contribution < -0.4 is 4.90 Å². The second-order valence-corrected chi connectivity index (χ2v) is 14.5. The molecule has 0 unspecified atom stereocenters. The molecule has 0 spiro atoms. The lowest BCUT2D eigenvalue weighted by Crippen LogP contribution is -2.10. The van der Waals surface area contributed by atoms with E-state index in [2.05, 4.69) is 204 Å². The van der Waals surface area contributed by atoms with Crippen LogP contribution in [-0.4, -0.2) is 4.57 Å². The van der Waals surface area contributed by atoms with Crippen molar-refractivity contribution in [3.63, 3.8) is 0 Å². The van der Waals surface area contributed by atoms with Crippen LogP contribution in [0.4, 0.5) is 17.1 Å². The van der Waals surface area contributed by atoms with Gasteiger partial charge >= 0.3 is 0 Å². The van der Waals surface area contributed by atoms with E-state index in [9.17, 15) is 0 Å². The highest BCUT2D eigenvalue weighted by Gasteiger charge is 2.23. The number of anilines is 3. The molecule has 55 heavy (non-hydrogen) atoms. The number of fused-ring (bicyclic) bond motifs is 13. The lowest BCUT2D eigenvalue weighted by atomic mass is 9.94. The van der Waals surface area contributed by atoms with Crippen LogP contribution in [-0.2, 0) is 0 Å². The van der Waals surface area contributed by atoms with Crippen LogP contribution in [0, 0.1) is 0 Å². The molecule has 0 N–H and O–H groups in total. The van der Waals surface area contributed by atoms with E-state index >= 15 is 0 Å². The highest BCUT2D eigenvalue weighted by molar-refractivity contribution is 6.26. The molecule has 0 fully saturated rings. The molecule has 0 aliphatic rings. The van der Waals surface area contributed by atoms with Crippen LogP contribution >= 0.6 is 0 Å². The molecule has 10 aromatic carbocycles. The van der Waals surface area contributed by atoms with E-state index in [1.165, 1.54) is 59.4 Å². The monoisotopic (exact) mass is 700 g/mol. The Bertz CT molecular complexity index is 3470. The van der Waals surface area contributed by atoms with Crippen molar-refractivity contribution >= 4 is 104 Å². The molecule has 0 radical (unpaired) electrons. The number of aromatic nitrogens is 1. The van der Waals surface area contributed by atoms with E-state index in [-0.39, 0.29) is 0 Å². The van der Waals surface area contributed by atoms with Crippen molar-refractivity contribution < 1.29 is 4.42 Å². The summed E-state index contributed by atoms with van der Waals surface area (Å²) in [7, 11) is 0. The molecule has 2 aromatic heterocycles. The smallest absolute Gasteiger partial charge is 0.136 e. The zero-order chi connectivity index (χ0) is 36.0. The quantitative estimate of drug-likeness (QED) is 0.170. The maximum Gasteiger partial charge on any atom is 0.136 e. The number of benzene rings is 10. The summed E-state index contributed by atoms with van der Waals surface area (Å²) in [5.74, 6) is 0. The van der Waals surface area contributed by atoms with E-state index < -0.39 is 0 Å². The maximum absolute atomic E-state index is 6.51. The first-order valence-electron chi connectivity index (χ1n) is 18.8. The average molecular weight is 701 g/mol. The molecule has 3 nitrogen and oxygen atoms in total. The Morgan fingerprint density at radius 1 is 0.345 bits per heavy atom. The van der Waals surface area contributed by atoms with Gasteiger partial charge in [0.2, 0.25) is 0 Å². The lowest BCUT2D eigenvalue weighted by Gasteiger charge is -2.27. The largest absolute Gasteiger partial charge is 0.456 e. The molecule has 12 rings (SSSR count). The van der Waals surface area contributed by atoms with Crippen molar-refractivity contribution in [2.45, 2.75) is 0 Å².